The molecule has 28 heavy (non-hydrogen) atoms. The number of alkyl halides is 3. The van der Waals surface area contributed by atoms with E-state index in [9.17, 15) is 22.8 Å². The zero-order valence-corrected chi connectivity index (χ0v) is 15.4. The molecule has 0 spiro atoms. The number of hydrogen-bond donors (Lipinski definition) is 1. The molecular weight excluding hydrogens is 399 g/mol. The first-order chi connectivity index (χ1) is 13.1. The molecule has 0 atom stereocenters. The molecule has 2 N–H and O–H groups in total. The van der Waals surface area contributed by atoms with Crippen LogP contribution in [0.5, 0.6) is 0 Å². The Bertz CT molecular complexity index is 891. The minimum absolute atomic E-state index is 0.00610. The molecule has 1 aromatic carbocycles. The fraction of sp³-hybridized carbons (Fsp3) is 0.353. The molecule has 1 saturated heterocycles. The number of amides is 2. The predicted octanol–water partition coefficient (Wildman–Crippen LogP) is 2.44. The van der Waals surface area contributed by atoms with Gasteiger partial charge in [-0.3, -0.25) is 9.69 Å². The highest BCUT2D eigenvalue weighted by Gasteiger charge is 2.31. The van der Waals surface area contributed by atoms with Crippen molar-refractivity contribution in [2.24, 2.45) is 5.73 Å². The number of carbonyl (C=O) groups excluding carboxylic acids is 2. The SMILES string of the molecule is NC(=O)c1ccn(C(=O)N2CCN(Cc3cc(Cl)cc(C(F)(F)F)c3)CC2)n1. The summed E-state index contributed by atoms with van der Waals surface area (Å²) in [5, 5.41) is 3.86. The normalized spacial score (nSPS) is 15.6. The first kappa shape index (κ1) is 20.2. The number of nitrogens with two attached hydrogens (primary N) is 1. The third-order valence-electron chi connectivity index (χ3n) is 4.37. The lowest BCUT2D eigenvalue weighted by Crippen LogP contribution is -2.49. The van der Waals surface area contributed by atoms with Crippen molar-refractivity contribution in [2.45, 2.75) is 12.7 Å². The number of halogens is 4. The van der Waals surface area contributed by atoms with E-state index in [1.54, 1.807) is 4.90 Å². The van der Waals surface area contributed by atoms with Gasteiger partial charge in [-0.2, -0.15) is 23.0 Å². The lowest BCUT2D eigenvalue weighted by Gasteiger charge is -2.34. The van der Waals surface area contributed by atoms with Crippen LogP contribution in [0, 0.1) is 0 Å². The summed E-state index contributed by atoms with van der Waals surface area (Å²) in [6.07, 6.45) is -3.10. The molecule has 11 heteroatoms. The van der Waals surface area contributed by atoms with Gasteiger partial charge in [0.2, 0.25) is 0 Å². The van der Waals surface area contributed by atoms with Crippen LogP contribution in [0.2, 0.25) is 5.02 Å². The molecule has 1 fully saturated rings. The van der Waals surface area contributed by atoms with Crippen LogP contribution in [0.1, 0.15) is 21.6 Å². The van der Waals surface area contributed by atoms with Crippen molar-refractivity contribution in [1.29, 1.82) is 0 Å². The van der Waals surface area contributed by atoms with Crippen molar-refractivity contribution in [3.63, 3.8) is 0 Å². The van der Waals surface area contributed by atoms with Gasteiger partial charge >= 0.3 is 12.2 Å². The fourth-order valence-corrected chi connectivity index (χ4v) is 3.23. The van der Waals surface area contributed by atoms with Crippen molar-refractivity contribution >= 4 is 23.5 Å². The summed E-state index contributed by atoms with van der Waals surface area (Å²) in [5.74, 6) is -0.726. The van der Waals surface area contributed by atoms with Gasteiger partial charge in [0.25, 0.3) is 5.91 Å². The zero-order valence-electron chi connectivity index (χ0n) is 14.6. The highest BCUT2D eigenvalue weighted by molar-refractivity contribution is 6.30. The van der Waals surface area contributed by atoms with Crippen molar-refractivity contribution in [3.05, 3.63) is 52.3 Å². The number of hydrogen-bond acceptors (Lipinski definition) is 4. The molecule has 150 valence electrons. The van der Waals surface area contributed by atoms with E-state index in [1.165, 1.54) is 18.3 Å². The Labute approximate surface area is 163 Å². The van der Waals surface area contributed by atoms with E-state index in [2.05, 4.69) is 5.10 Å². The molecule has 3 rings (SSSR count). The summed E-state index contributed by atoms with van der Waals surface area (Å²) in [7, 11) is 0. The highest BCUT2D eigenvalue weighted by Crippen LogP contribution is 2.32. The van der Waals surface area contributed by atoms with Gasteiger partial charge < -0.3 is 10.6 Å². The molecule has 0 radical (unpaired) electrons. The molecule has 1 aliphatic heterocycles. The van der Waals surface area contributed by atoms with Crippen LogP contribution in [0.4, 0.5) is 18.0 Å². The topological polar surface area (TPSA) is 84.5 Å². The van der Waals surface area contributed by atoms with Crippen LogP contribution in [-0.2, 0) is 12.7 Å². The lowest BCUT2D eigenvalue weighted by atomic mass is 10.1. The maximum absolute atomic E-state index is 12.9. The lowest BCUT2D eigenvalue weighted by molar-refractivity contribution is -0.137. The van der Waals surface area contributed by atoms with E-state index in [0.29, 0.717) is 38.3 Å². The minimum atomic E-state index is -4.46. The Morgan fingerprint density at radius 2 is 1.82 bits per heavy atom. The quantitative estimate of drug-likeness (QED) is 0.834. The van der Waals surface area contributed by atoms with Crippen LogP contribution in [0.3, 0.4) is 0 Å². The first-order valence-corrected chi connectivity index (χ1v) is 8.75. The van der Waals surface area contributed by atoms with Gasteiger partial charge in [-0.05, 0) is 29.8 Å². The van der Waals surface area contributed by atoms with Crippen LogP contribution in [0.15, 0.2) is 30.5 Å². The predicted molar refractivity (Wildman–Crippen MR) is 94.8 cm³/mol. The Balaban J connectivity index is 1.60. The maximum atomic E-state index is 12.9. The number of benzene rings is 1. The Kier molecular flexibility index (Phi) is 5.61. The van der Waals surface area contributed by atoms with Gasteiger partial charge in [-0.1, -0.05) is 11.6 Å². The fourth-order valence-electron chi connectivity index (χ4n) is 2.97. The smallest absolute Gasteiger partial charge is 0.364 e. The monoisotopic (exact) mass is 415 g/mol. The summed E-state index contributed by atoms with van der Waals surface area (Å²) in [6, 6.07) is 4.44. The van der Waals surface area contributed by atoms with Gasteiger partial charge in [0.1, 0.15) is 0 Å². The minimum Gasteiger partial charge on any atom is -0.364 e. The third-order valence-corrected chi connectivity index (χ3v) is 4.59. The van der Waals surface area contributed by atoms with E-state index in [-0.39, 0.29) is 10.7 Å². The molecule has 7 nitrogen and oxygen atoms in total. The van der Waals surface area contributed by atoms with Gasteiger partial charge in [0, 0.05) is 43.9 Å². The van der Waals surface area contributed by atoms with E-state index in [1.807, 2.05) is 4.90 Å². The van der Waals surface area contributed by atoms with E-state index < -0.39 is 23.7 Å². The van der Waals surface area contributed by atoms with Gasteiger partial charge in [-0.15, -0.1) is 0 Å². The molecule has 0 unspecified atom stereocenters. The second kappa shape index (κ2) is 7.80. The Hall–Kier alpha value is -2.59. The maximum Gasteiger partial charge on any atom is 0.416 e. The summed E-state index contributed by atoms with van der Waals surface area (Å²) >= 11 is 5.82. The van der Waals surface area contributed by atoms with Crippen molar-refractivity contribution < 1.29 is 22.8 Å². The van der Waals surface area contributed by atoms with Gasteiger partial charge in [0.05, 0.1) is 5.56 Å². The van der Waals surface area contributed by atoms with E-state index in [0.717, 1.165) is 16.8 Å². The van der Waals surface area contributed by atoms with Crippen LogP contribution < -0.4 is 5.73 Å². The largest absolute Gasteiger partial charge is 0.416 e. The zero-order chi connectivity index (χ0) is 20.5. The molecule has 1 aromatic heterocycles. The number of nitrogens with zero attached hydrogens (tertiary/aromatic N) is 4. The molecular formula is C17H17ClF3N5O2. The van der Waals surface area contributed by atoms with E-state index >= 15 is 0 Å². The third kappa shape index (κ3) is 4.63. The average molecular weight is 416 g/mol. The van der Waals surface area contributed by atoms with Crippen molar-refractivity contribution in [3.8, 4) is 0 Å². The Morgan fingerprint density at radius 3 is 2.39 bits per heavy atom. The summed E-state index contributed by atoms with van der Waals surface area (Å²) < 4.78 is 39.8. The molecule has 0 bridgehead atoms. The molecule has 2 amide bonds. The van der Waals surface area contributed by atoms with Crippen LogP contribution >= 0.6 is 11.6 Å². The summed E-state index contributed by atoms with van der Waals surface area (Å²) in [4.78, 5) is 27.0. The first-order valence-electron chi connectivity index (χ1n) is 8.37. The molecule has 2 aromatic rings. The van der Waals surface area contributed by atoms with Crippen molar-refractivity contribution in [1.82, 2.24) is 19.6 Å². The van der Waals surface area contributed by atoms with E-state index in [4.69, 9.17) is 17.3 Å². The number of primary amides is 1. The second-order valence-corrected chi connectivity index (χ2v) is 6.84. The molecule has 1 aliphatic rings. The Morgan fingerprint density at radius 1 is 1.14 bits per heavy atom. The number of rotatable bonds is 3. The second-order valence-electron chi connectivity index (χ2n) is 6.40. The van der Waals surface area contributed by atoms with Crippen LogP contribution in [0.25, 0.3) is 0 Å². The van der Waals surface area contributed by atoms with Gasteiger partial charge in [0.15, 0.2) is 5.69 Å². The molecule has 0 saturated carbocycles. The highest BCUT2D eigenvalue weighted by atomic mass is 35.5. The molecule has 0 aliphatic carbocycles. The van der Waals surface area contributed by atoms with Crippen molar-refractivity contribution in [2.75, 3.05) is 26.2 Å². The standard InChI is InChI=1S/C17H17ClF3N5O2/c18-13-8-11(7-12(9-13)17(19,20)21)10-24-3-5-25(6-4-24)16(28)26-2-1-14(23-26)15(22)27/h1-2,7-9H,3-6,10H2,(H2,22,27). The number of carbonyl (C=O) groups is 2. The number of piperazine rings is 1. The summed E-state index contributed by atoms with van der Waals surface area (Å²) in [6.45, 7) is 1.99. The molecule has 2 heterocycles. The summed E-state index contributed by atoms with van der Waals surface area (Å²) in [5.41, 5.74) is 4.78. The van der Waals surface area contributed by atoms with Gasteiger partial charge in [-0.25, -0.2) is 4.79 Å². The average Bonchev–Trinajstić information content (AvgIpc) is 3.11. The number of aromatic nitrogens is 2. The van der Waals surface area contributed by atoms with Crippen LogP contribution in [-0.4, -0.2) is 57.7 Å².